The number of carbonyl (C=O) groups excluding carboxylic acids is 1. The highest BCUT2D eigenvalue weighted by Gasteiger charge is 2.40. The number of benzene rings is 3. The Morgan fingerprint density at radius 2 is 1.48 bits per heavy atom. The third kappa shape index (κ3) is 11.2. The van der Waals surface area contributed by atoms with E-state index >= 15 is 0 Å². The molecule has 1 aliphatic carbocycles. The molecule has 0 aliphatic heterocycles. The second-order valence-corrected chi connectivity index (χ2v) is 19.3. The van der Waals surface area contributed by atoms with Crippen molar-refractivity contribution in [2.45, 2.75) is 109 Å². The van der Waals surface area contributed by atoms with E-state index in [0.29, 0.717) is 25.0 Å². The average molecular weight is 671 g/mol. The molecule has 0 fully saturated rings. The maximum Gasteiger partial charge on any atom is 0.338 e. The zero-order chi connectivity index (χ0) is 34.6. The van der Waals surface area contributed by atoms with Gasteiger partial charge in [-0.25, -0.2) is 4.79 Å². The van der Waals surface area contributed by atoms with Gasteiger partial charge in [0, 0.05) is 18.8 Å². The van der Waals surface area contributed by atoms with Crippen LogP contribution in [-0.2, 0) is 14.0 Å². The standard InChI is InChI=1S/C41H54O6Si/c1-41(2,3)48(4,5)47-36(30-45-35-18-12-9-13-19-35)28-26-33-27-29-38(37(33)20-14-6-7-15-21-39(42)43)46-40(44)34-24-22-32(23-25-34)31-16-10-8-11-17-31/h8-13,16-19,22-25,27,36-38H,6-7,14-15,20-21,26,28-30H2,1-5H3,(H,42,43)/t36?,37-,38+/m1/s1. The van der Waals surface area contributed by atoms with E-state index in [1.165, 1.54) is 5.57 Å². The number of rotatable bonds is 18. The molecule has 6 nitrogen and oxygen atoms in total. The van der Waals surface area contributed by atoms with Crippen molar-refractivity contribution in [2.24, 2.45) is 5.92 Å². The molecule has 0 heterocycles. The minimum absolute atomic E-state index is 0.0617. The first kappa shape index (κ1) is 37.1. The fraction of sp³-hybridized carbons (Fsp3) is 0.463. The van der Waals surface area contributed by atoms with Gasteiger partial charge in [0.05, 0.1) is 11.7 Å². The normalized spacial score (nSPS) is 17.1. The molecule has 0 saturated heterocycles. The molecule has 0 amide bonds. The number of aliphatic carboxylic acids is 1. The van der Waals surface area contributed by atoms with E-state index in [2.05, 4.69) is 52.1 Å². The predicted octanol–water partition coefficient (Wildman–Crippen LogP) is 10.5. The van der Waals surface area contributed by atoms with Gasteiger partial charge >= 0.3 is 11.9 Å². The molecule has 3 atom stereocenters. The van der Waals surface area contributed by atoms with Crippen LogP contribution in [0.3, 0.4) is 0 Å². The van der Waals surface area contributed by atoms with E-state index in [1.54, 1.807) is 0 Å². The first-order valence-corrected chi connectivity index (χ1v) is 20.5. The van der Waals surface area contributed by atoms with Crippen LogP contribution in [0.5, 0.6) is 5.75 Å². The van der Waals surface area contributed by atoms with E-state index < -0.39 is 14.3 Å². The van der Waals surface area contributed by atoms with Crippen molar-refractivity contribution in [1.82, 2.24) is 0 Å². The number of para-hydroxylation sites is 1. The maximum atomic E-state index is 13.4. The molecule has 0 radical (unpaired) electrons. The highest BCUT2D eigenvalue weighted by molar-refractivity contribution is 6.74. The van der Waals surface area contributed by atoms with Crippen LogP contribution in [0.15, 0.2) is 96.6 Å². The number of unbranched alkanes of at least 4 members (excludes halogenated alkanes) is 3. The lowest BCUT2D eigenvalue weighted by molar-refractivity contribution is -0.137. The summed E-state index contributed by atoms with van der Waals surface area (Å²) in [6.45, 7) is 11.8. The summed E-state index contributed by atoms with van der Waals surface area (Å²) in [6, 6.07) is 27.7. The topological polar surface area (TPSA) is 82.1 Å². The Balaban J connectivity index is 1.43. The van der Waals surface area contributed by atoms with Gasteiger partial charge in [-0.3, -0.25) is 4.79 Å². The molecule has 1 unspecified atom stereocenters. The molecule has 258 valence electrons. The highest BCUT2D eigenvalue weighted by atomic mass is 28.4. The number of carbonyl (C=O) groups is 2. The van der Waals surface area contributed by atoms with E-state index in [-0.39, 0.29) is 35.6 Å². The minimum Gasteiger partial charge on any atom is -0.491 e. The van der Waals surface area contributed by atoms with Crippen LogP contribution in [0.2, 0.25) is 18.1 Å². The summed E-state index contributed by atoms with van der Waals surface area (Å²) in [6.07, 6.45) is 8.95. The summed E-state index contributed by atoms with van der Waals surface area (Å²) < 4.78 is 19.3. The smallest absolute Gasteiger partial charge is 0.338 e. The molecular formula is C41H54O6Si. The summed E-state index contributed by atoms with van der Waals surface area (Å²) in [5.74, 6) is -0.0758. The van der Waals surface area contributed by atoms with Crippen molar-refractivity contribution < 1.29 is 28.6 Å². The van der Waals surface area contributed by atoms with Gasteiger partial charge in [0.2, 0.25) is 0 Å². The Morgan fingerprint density at radius 3 is 2.12 bits per heavy atom. The molecule has 0 aromatic heterocycles. The third-order valence-electron chi connectivity index (χ3n) is 9.88. The molecule has 0 bridgehead atoms. The molecule has 7 heteroatoms. The lowest BCUT2D eigenvalue weighted by atomic mass is 9.89. The zero-order valence-electron chi connectivity index (χ0n) is 29.5. The Labute approximate surface area is 288 Å². The van der Waals surface area contributed by atoms with Gasteiger partial charge in [0.1, 0.15) is 18.5 Å². The maximum absolute atomic E-state index is 13.4. The summed E-state index contributed by atoms with van der Waals surface area (Å²) in [5, 5.41) is 9.09. The zero-order valence-corrected chi connectivity index (χ0v) is 30.5. The molecule has 4 rings (SSSR count). The molecule has 0 saturated carbocycles. The van der Waals surface area contributed by atoms with Crippen molar-refractivity contribution in [3.63, 3.8) is 0 Å². The van der Waals surface area contributed by atoms with Crippen LogP contribution >= 0.6 is 0 Å². The van der Waals surface area contributed by atoms with Gasteiger partial charge in [0.15, 0.2) is 8.32 Å². The van der Waals surface area contributed by atoms with Crippen LogP contribution in [0.1, 0.15) is 88.9 Å². The van der Waals surface area contributed by atoms with Gasteiger partial charge in [-0.15, -0.1) is 0 Å². The second kappa shape index (κ2) is 17.6. The summed E-state index contributed by atoms with van der Waals surface area (Å²) in [5.41, 5.74) is 4.04. The fourth-order valence-corrected chi connectivity index (χ4v) is 7.42. The summed E-state index contributed by atoms with van der Waals surface area (Å²) in [7, 11) is -2.05. The van der Waals surface area contributed by atoms with Gasteiger partial charge in [-0.1, -0.05) is 112 Å². The van der Waals surface area contributed by atoms with Crippen molar-refractivity contribution in [1.29, 1.82) is 0 Å². The van der Waals surface area contributed by atoms with Gasteiger partial charge in [0.25, 0.3) is 0 Å². The average Bonchev–Trinajstić information content (AvgIpc) is 3.44. The summed E-state index contributed by atoms with van der Waals surface area (Å²) >= 11 is 0. The van der Waals surface area contributed by atoms with Crippen molar-refractivity contribution in [2.75, 3.05) is 6.61 Å². The Morgan fingerprint density at radius 1 is 0.854 bits per heavy atom. The van der Waals surface area contributed by atoms with Crippen molar-refractivity contribution in [3.05, 3.63) is 102 Å². The molecule has 1 N–H and O–H groups in total. The van der Waals surface area contributed by atoms with E-state index in [0.717, 1.165) is 55.4 Å². The van der Waals surface area contributed by atoms with Gasteiger partial charge in [-0.05, 0) is 79.2 Å². The van der Waals surface area contributed by atoms with Gasteiger partial charge < -0.3 is 19.0 Å². The molecule has 0 spiro atoms. The summed E-state index contributed by atoms with van der Waals surface area (Å²) in [4.78, 5) is 24.3. The Kier molecular flexibility index (Phi) is 13.6. The largest absolute Gasteiger partial charge is 0.491 e. The van der Waals surface area contributed by atoms with Crippen LogP contribution in [0.25, 0.3) is 11.1 Å². The van der Waals surface area contributed by atoms with Gasteiger partial charge in [-0.2, -0.15) is 0 Å². The lowest BCUT2D eigenvalue weighted by Gasteiger charge is -2.39. The number of hydrogen-bond donors (Lipinski definition) is 1. The van der Waals surface area contributed by atoms with E-state index in [9.17, 15) is 9.59 Å². The molecule has 3 aromatic carbocycles. The number of hydrogen-bond acceptors (Lipinski definition) is 5. The predicted molar refractivity (Wildman–Crippen MR) is 196 cm³/mol. The van der Waals surface area contributed by atoms with Crippen LogP contribution in [0.4, 0.5) is 0 Å². The van der Waals surface area contributed by atoms with E-state index in [4.69, 9.17) is 19.0 Å². The highest BCUT2D eigenvalue weighted by Crippen LogP contribution is 2.40. The monoisotopic (exact) mass is 670 g/mol. The molecule has 1 aliphatic rings. The molecule has 48 heavy (non-hydrogen) atoms. The minimum atomic E-state index is -2.05. The van der Waals surface area contributed by atoms with Crippen LogP contribution in [0, 0.1) is 5.92 Å². The fourth-order valence-electron chi connectivity index (χ4n) is 6.04. The lowest BCUT2D eigenvalue weighted by Crippen LogP contribution is -2.45. The first-order chi connectivity index (χ1) is 22.9. The second-order valence-electron chi connectivity index (χ2n) is 14.5. The van der Waals surface area contributed by atoms with Crippen molar-refractivity contribution >= 4 is 20.3 Å². The number of esters is 1. The first-order valence-electron chi connectivity index (χ1n) is 17.6. The molecule has 3 aromatic rings. The number of ether oxygens (including phenoxy) is 2. The Bertz CT molecular complexity index is 1460. The van der Waals surface area contributed by atoms with Crippen LogP contribution < -0.4 is 4.74 Å². The van der Waals surface area contributed by atoms with Crippen molar-refractivity contribution in [3.8, 4) is 16.9 Å². The third-order valence-corrected chi connectivity index (χ3v) is 14.4. The Hall–Kier alpha value is -3.68. The number of carboxylic acids is 1. The number of carboxylic acid groups (broad SMARTS) is 1. The quantitative estimate of drug-likeness (QED) is 0.0628. The SMILES string of the molecule is CC(C)(C)[Si](C)(C)OC(CCC1=CC[C@H](OC(=O)c2ccc(-c3ccccc3)cc2)[C@@H]1CCCCCCC(=O)O)COc1ccccc1. The molecular weight excluding hydrogens is 617 g/mol. The van der Waals surface area contributed by atoms with E-state index in [1.807, 2.05) is 72.8 Å². The van der Waals surface area contributed by atoms with Crippen LogP contribution in [-0.4, -0.2) is 44.2 Å².